The van der Waals surface area contributed by atoms with Crippen molar-refractivity contribution in [2.24, 2.45) is 0 Å². The van der Waals surface area contributed by atoms with Crippen LogP contribution in [0.1, 0.15) is 11.3 Å². The van der Waals surface area contributed by atoms with Gasteiger partial charge in [0.05, 0.1) is 11.9 Å². The van der Waals surface area contributed by atoms with Crippen molar-refractivity contribution in [1.82, 2.24) is 10.2 Å². The van der Waals surface area contributed by atoms with Gasteiger partial charge in [-0.1, -0.05) is 23.7 Å². The maximum atomic E-state index is 9.35. The van der Waals surface area contributed by atoms with Gasteiger partial charge in [0.1, 0.15) is 0 Å². The molecule has 2 rings (SSSR count). The molecule has 2 aromatic rings. The van der Waals surface area contributed by atoms with E-state index in [1.54, 1.807) is 0 Å². The number of hydrogen-bond donors (Lipinski definition) is 2. The van der Waals surface area contributed by atoms with Crippen LogP contribution in [0.5, 0.6) is 5.75 Å². The monoisotopic (exact) mass is 208 g/mol. The van der Waals surface area contributed by atoms with E-state index in [-0.39, 0.29) is 5.75 Å². The first-order chi connectivity index (χ1) is 6.75. The molecule has 4 heteroatoms. The normalized spacial score (nSPS) is 10.4. The zero-order valence-electron chi connectivity index (χ0n) is 7.37. The number of halogens is 1. The van der Waals surface area contributed by atoms with Crippen LogP contribution in [0, 0.1) is 0 Å². The number of nitrogens with zero attached hydrogens (tertiary/aromatic N) is 1. The summed E-state index contributed by atoms with van der Waals surface area (Å²) in [5, 5.41) is 16.5. The number of rotatable bonds is 2. The van der Waals surface area contributed by atoms with Gasteiger partial charge in [0.2, 0.25) is 0 Å². The third-order valence-electron chi connectivity index (χ3n) is 1.97. The molecule has 0 atom stereocenters. The summed E-state index contributed by atoms with van der Waals surface area (Å²) in [4.78, 5) is 0. The van der Waals surface area contributed by atoms with E-state index in [2.05, 4.69) is 10.2 Å². The van der Waals surface area contributed by atoms with E-state index in [1.807, 2.05) is 24.3 Å². The fourth-order valence-electron chi connectivity index (χ4n) is 1.29. The molecule has 0 aliphatic carbocycles. The lowest BCUT2D eigenvalue weighted by Gasteiger charge is -1.99. The maximum absolute atomic E-state index is 9.35. The Kier molecular flexibility index (Phi) is 2.41. The van der Waals surface area contributed by atoms with E-state index >= 15 is 0 Å². The third-order valence-corrected chi connectivity index (χ3v) is 2.20. The highest BCUT2D eigenvalue weighted by Crippen LogP contribution is 2.18. The first kappa shape index (κ1) is 9.09. The Bertz CT molecular complexity index is 439. The van der Waals surface area contributed by atoms with Crippen molar-refractivity contribution in [3.8, 4) is 5.75 Å². The lowest BCUT2D eigenvalue weighted by molar-refractivity contribution is 0.469. The zero-order valence-corrected chi connectivity index (χ0v) is 8.12. The van der Waals surface area contributed by atoms with Gasteiger partial charge in [-0.3, -0.25) is 5.10 Å². The molecule has 0 saturated carbocycles. The molecule has 3 nitrogen and oxygen atoms in total. The molecule has 0 spiro atoms. The topological polar surface area (TPSA) is 48.9 Å². The first-order valence-corrected chi connectivity index (χ1v) is 4.59. The van der Waals surface area contributed by atoms with E-state index in [4.69, 9.17) is 11.6 Å². The van der Waals surface area contributed by atoms with Crippen LogP contribution >= 0.6 is 11.6 Å². The van der Waals surface area contributed by atoms with Gasteiger partial charge in [-0.25, -0.2) is 0 Å². The molecule has 72 valence electrons. The van der Waals surface area contributed by atoms with Crippen molar-refractivity contribution in [3.63, 3.8) is 0 Å². The second kappa shape index (κ2) is 3.72. The van der Waals surface area contributed by atoms with E-state index in [0.29, 0.717) is 17.1 Å². The Morgan fingerprint density at radius 3 is 2.93 bits per heavy atom. The van der Waals surface area contributed by atoms with Gasteiger partial charge in [-0.15, -0.1) is 0 Å². The minimum absolute atomic E-state index is 0.185. The highest BCUT2D eigenvalue weighted by Gasteiger charge is 2.04. The van der Waals surface area contributed by atoms with Gasteiger partial charge in [-0.2, -0.15) is 5.10 Å². The molecule has 0 aliphatic rings. The van der Waals surface area contributed by atoms with Crippen molar-refractivity contribution in [2.75, 3.05) is 0 Å². The summed E-state index contributed by atoms with van der Waals surface area (Å²) in [6, 6.07) is 7.51. The summed E-state index contributed by atoms with van der Waals surface area (Å²) in [5.41, 5.74) is 1.74. The lowest BCUT2D eigenvalue weighted by atomic mass is 10.1. The molecular weight excluding hydrogens is 200 g/mol. The van der Waals surface area contributed by atoms with Crippen LogP contribution in [0.4, 0.5) is 0 Å². The van der Waals surface area contributed by atoms with Crippen LogP contribution in [0.15, 0.2) is 30.5 Å². The molecule has 1 aromatic carbocycles. The number of aromatic nitrogens is 2. The third kappa shape index (κ3) is 1.88. The number of benzene rings is 1. The average Bonchev–Trinajstić information content (AvgIpc) is 2.52. The minimum atomic E-state index is 0.185. The van der Waals surface area contributed by atoms with E-state index in [1.165, 1.54) is 6.20 Å². The Hall–Kier alpha value is -1.48. The van der Waals surface area contributed by atoms with E-state index in [0.717, 1.165) is 5.56 Å². The highest BCUT2D eigenvalue weighted by atomic mass is 35.5. The summed E-state index contributed by atoms with van der Waals surface area (Å²) in [7, 11) is 0. The molecule has 0 amide bonds. The second-order valence-corrected chi connectivity index (χ2v) is 3.48. The molecule has 2 N–H and O–H groups in total. The molecule has 0 unspecified atom stereocenters. The molecule has 14 heavy (non-hydrogen) atoms. The number of H-pyrrole nitrogens is 1. The van der Waals surface area contributed by atoms with Crippen molar-refractivity contribution in [1.29, 1.82) is 0 Å². The van der Waals surface area contributed by atoms with Crippen molar-refractivity contribution >= 4 is 11.6 Å². The zero-order chi connectivity index (χ0) is 9.97. The van der Waals surface area contributed by atoms with Crippen molar-refractivity contribution in [2.45, 2.75) is 6.42 Å². The van der Waals surface area contributed by atoms with Crippen LogP contribution in [0.3, 0.4) is 0 Å². The van der Waals surface area contributed by atoms with Gasteiger partial charge in [-0.05, 0) is 17.7 Å². The smallest absolute Gasteiger partial charge is 0.156 e. The van der Waals surface area contributed by atoms with Crippen LogP contribution in [-0.2, 0) is 6.42 Å². The fraction of sp³-hybridized carbons (Fsp3) is 0.100. The predicted molar refractivity (Wildman–Crippen MR) is 54.5 cm³/mol. The van der Waals surface area contributed by atoms with E-state index < -0.39 is 0 Å². The molecule has 0 saturated heterocycles. The van der Waals surface area contributed by atoms with Gasteiger partial charge >= 0.3 is 0 Å². The van der Waals surface area contributed by atoms with Crippen LogP contribution < -0.4 is 0 Å². The Morgan fingerprint density at radius 1 is 1.43 bits per heavy atom. The summed E-state index contributed by atoms with van der Waals surface area (Å²) in [5.74, 6) is 0.185. The largest absolute Gasteiger partial charge is 0.504 e. The number of aromatic hydroxyl groups is 1. The maximum Gasteiger partial charge on any atom is 0.156 e. The van der Waals surface area contributed by atoms with E-state index in [9.17, 15) is 5.11 Å². The molecule has 0 radical (unpaired) electrons. The van der Waals surface area contributed by atoms with Gasteiger partial charge < -0.3 is 5.11 Å². The summed E-state index contributed by atoms with van der Waals surface area (Å²) in [6.07, 6.45) is 1.99. The Morgan fingerprint density at radius 2 is 2.29 bits per heavy atom. The SMILES string of the molecule is Oc1cn[nH]c1Cc1cccc(Cl)c1. The number of aromatic amines is 1. The molecule has 0 fully saturated rings. The quantitative estimate of drug-likeness (QED) is 0.796. The lowest BCUT2D eigenvalue weighted by Crippen LogP contribution is -1.88. The summed E-state index contributed by atoms with van der Waals surface area (Å²) >= 11 is 5.84. The second-order valence-electron chi connectivity index (χ2n) is 3.04. The van der Waals surface area contributed by atoms with Gasteiger partial charge in [0.15, 0.2) is 5.75 Å². The molecule has 0 bridgehead atoms. The molecular formula is C10H9ClN2O. The minimum Gasteiger partial charge on any atom is -0.504 e. The van der Waals surface area contributed by atoms with Crippen LogP contribution in [0.25, 0.3) is 0 Å². The Balaban J connectivity index is 2.23. The van der Waals surface area contributed by atoms with Crippen molar-refractivity contribution < 1.29 is 5.11 Å². The Labute approximate surface area is 86.3 Å². The molecule has 0 aliphatic heterocycles. The fourth-order valence-corrected chi connectivity index (χ4v) is 1.50. The number of hydrogen-bond acceptors (Lipinski definition) is 2. The van der Waals surface area contributed by atoms with Crippen LogP contribution in [-0.4, -0.2) is 15.3 Å². The van der Waals surface area contributed by atoms with Crippen LogP contribution in [0.2, 0.25) is 5.02 Å². The summed E-state index contributed by atoms with van der Waals surface area (Å²) in [6.45, 7) is 0. The highest BCUT2D eigenvalue weighted by molar-refractivity contribution is 6.30. The average molecular weight is 209 g/mol. The van der Waals surface area contributed by atoms with Crippen molar-refractivity contribution in [3.05, 3.63) is 46.7 Å². The van der Waals surface area contributed by atoms with Gasteiger partial charge in [0, 0.05) is 11.4 Å². The first-order valence-electron chi connectivity index (χ1n) is 4.21. The molecule has 1 heterocycles. The standard InChI is InChI=1S/C10H9ClN2O/c11-8-3-1-2-7(4-8)5-9-10(14)6-12-13-9/h1-4,6,14H,5H2,(H,12,13). The molecule has 1 aromatic heterocycles. The number of nitrogens with one attached hydrogen (secondary N) is 1. The predicted octanol–water partition coefficient (Wildman–Crippen LogP) is 2.36. The summed E-state index contributed by atoms with van der Waals surface area (Å²) < 4.78 is 0. The van der Waals surface area contributed by atoms with Gasteiger partial charge in [0.25, 0.3) is 0 Å².